The molecule has 0 fully saturated rings. The van der Waals surface area contributed by atoms with Gasteiger partial charge in [0.05, 0.1) is 4.47 Å². The van der Waals surface area contributed by atoms with Gasteiger partial charge >= 0.3 is 0 Å². The third-order valence-electron chi connectivity index (χ3n) is 3.11. The summed E-state index contributed by atoms with van der Waals surface area (Å²) in [5, 5.41) is 3.21. The SMILES string of the molecule is CNC(C)c1cccn1Cc1cccc(F)c1Br. The molecule has 0 bridgehead atoms. The summed E-state index contributed by atoms with van der Waals surface area (Å²) < 4.78 is 16.1. The third kappa shape index (κ3) is 2.65. The first kappa shape index (κ1) is 13.3. The van der Waals surface area contributed by atoms with Gasteiger partial charge in [-0.3, -0.25) is 0 Å². The molecule has 1 atom stereocenters. The number of hydrogen-bond acceptors (Lipinski definition) is 1. The standard InChI is InChI=1S/C14H16BrFN2/c1-10(17-2)13-7-4-8-18(13)9-11-5-3-6-12(16)14(11)15/h3-8,10,17H,9H2,1-2H3. The lowest BCUT2D eigenvalue weighted by molar-refractivity contribution is 0.584. The van der Waals surface area contributed by atoms with Crippen LogP contribution in [0.2, 0.25) is 0 Å². The van der Waals surface area contributed by atoms with Crippen molar-refractivity contribution in [1.29, 1.82) is 0 Å². The summed E-state index contributed by atoms with van der Waals surface area (Å²) in [7, 11) is 1.93. The molecular weight excluding hydrogens is 295 g/mol. The molecule has 0 saturated carbocycles. The summed E-state index contributed by atoms with van der Waals surface area (Å²) in [6, 6.07) is 9.49. The molecule has 2 aromatic rings. The summed E-state index contributed by atoms with van der Waals surface area (Å²) in [5.74, 6) is -0.220. The highest BCUT2D eigenvalue weighted by Crippen LogP contribution is 2.23. The Bertz CT molecular complexity index is 536. The van der Waals surface area contributed by atoms with E-state index in [1.54, 1.807) is 6.07 Å². The Kier molecular flexibility index (Phi) is 4.19. The highest BCUT2D eigenvalue weighted by Gasteiger charge is 2.10. The van der Waals surface area contributed by atoms with Crippen molar-refractivity contribution in [2.24, 2.45) is 0 Å². The fourth-order valence-corrected chi connectivity index (χ4v) is 2.36. The predicted octanol–water partition coefficient (Wildman–Crippen LogP) is 3.72. The van der Waals surface area contributed by atoms with Gasteiger partial charge in [0, 0.05) is 24.5 Å². The van der Waals surface area contributed by atoms with Gasteiger partial charge in [-0.2, -0.15) is 0 Å². The molecule has 2 nitrogen and oxygen atoms in total. The van der Waals surface area contributed by atoms with Crippen molar-refractivity contribution in [3.8, 4) is 0 Å². The van der Waals surface area contributed by atoms with Crippen LogP contribution < -0.4 is 5.32 Å². The van der Waals surface area contributed by atoms with Gasteiger partial charge in [0.25, 0.3) is 0 Å². The van der Waals surface area contributed by atoms with Gasteiger partial charge in [0.15, 0.2) is 0 Å². The van der Waals surface area contributed by atoms with Gasteiger partial charge in [-0.05, 0) is 53.7 Å². The first-order valence-corrected chi connectivity index (χ1v) is 6.68. The molecule has 1 aromatic carbocycles. The minimum atomic E-state index is -0.220. The molecule has 4 heteroatoms. The molecule has 2 rings (SSSR count). The van der Waals surface area contributed by atoms with E-state index in [1.165, 1.54) is 11.8 Å². The Morgan fingerprint density at radius 3 is 2.83 bits per heavy atom. The van der Waals surface area contributed by atoms with Crippen molar-refractivity contribution in [3.05, 3.63) is 58.1 Å². The van der Waals surface area contributed by atoms with Crippen molar-refractivity contribution in [1.82, 2.24) is 9.88 Å². The summed E-state index contributed by atoms with van der Waals surface area (Å²) in [5.41, 5.74) is 2.13. The molecule has 18 heavy (non-hydrogen) atoms. The van der Waals surface area contributed by atoms with Gasteiger partial charge in [-0.1, -0.05) is 12.1 Å². The van der Waals surface area contributed by atoms with E-state index in [0.717, 1.165) is 5.56 Å². The summed E-state index contributed by atoms with van der Waals surface area (Å²) in [6.45, 7) is 2.76. The smallest absolute Gasteiger partial charge is 0.137 e. The van der Waals surface area contributed by atoms with Crippen molar-refractivity contribution in [2.45, 2.75) is 19.5 Å². The van der Waals surface area contributed by atoms with E-state index in [2.05, 4.69) is 38.8 Å². The number of nitrogens with zero attached hydrogens (tertiary/aromatic N) is 1. The molecule has 0 amide bonds. The third-order valence-corrected chi connectivity index (χ3v) is 4.00. The molecule has 1 aromatic heterocycles. The van der Waals surface area contributed by atoms with E-state index >= 15 is 0 Å². The van der Waals surface area contributed by atoms with Crippen LogP contribution in [0.15, 0.2) is 41.0 Å². The van der Waals surface area contributed by atoms with E-state index in [0.29, 0.717) is 11.0 Å². The fraction of sp³-hybridized carbons (Fsp3) is 0.286. The first-order valence-electron chi connectivity index (χ1n) is 5.88. The van der Waals surface area contributed by atoms with Crippen LogP contribution in [0.1, 0.15) is 24.2 Å². The van der Waals surface area contributed by atoms with Crippen LogP contribution in [0, 0.1) is 5.82 Å². The molecule has 0 radical (unpaired) electrons. The molecule has 0 aliphatic carbocycles. The maximum Gasteiger partial charge on any atom is 0.137 e. The van der Waals surface area contributed by atoms with Crippen LogP contribution in [-0.2, 0) is 6.54 Å². The molecule has 0 spiro atoms. The van der Waals surface area contributed by atoms with Gasteiger partial charge in [-0.25, -0.2) is 4.39 Å². The van der Waals surface area contributed by atoms with Crippen LogP contribution in [0.3, 0.4) is 0 Å². The number of nitrogens with one attached hydrogen (secondary N) is 1. The second-order valence-electron chi connectivity index (χ2n) is 4.28. The van der Waals surface area contributed by atoms with Crippen molar-refractivity contribution >= 4 is 15.9 Å². The van der Waals surface area contributed by atoms with E-state index in [1.807, 2.05) is 25.4 Å². The van der Waals surface area contributed by atoms with Gasteiger partial charge in [0.1, 0.15) is 5.82 Å². The second kappa shape index (κ2) is 5.67. The van der Waals surface area contributed by atoms with E-state index < -0.39 is 0 Å². The minimum absolute atomic E-state index is 0.220. The highest BCUT2D eigenvalue weighted by atomic mass is 79.9. The molecule has 0 aliphatic rings. The Morgan fingerprint density at radius 2 is 2.11 bits per heavy atom. The first-order chi connectivity index (χ1) is 8.63. The molecular formula is C14H16BrFN2. The fourth-order valence-electron chi connectivity index (χ4n) is 1.97. The Morgan fingerprint density at radius 1 is 1.33 bits per heavy atom. The average Bonchev–Trinajstić information content (AvgIpc) is 2.82. The number of halogens is 2. The Labute approximate surface area is 115 Å². The van der Waals surface area contributed by atoms with Crippen molar-refractivity contribution in [3.63, 3.8) is 0 Å². The topological polar surface area (TPSA) is 17.0 Å². The second-order valence-corrected chi connectivity index (χ2v) is 5.08. The van der Waals surface area contributed by atoms with Gasteiger partial charge < -0.3 is 9.88 Å². The lowest BCUT2D eigenvalue weighted by Crippen LogP contribution is -2.17. The van der Waals surface area contributed by atoms with E-state index in [-0.39, 0.29) is 11.9 Å². The lowest BCUT2D eigenvalue weighted by atomic mass is 10.2. The van der Waals surface area contributed by atoms with E-state index in [4.69, 9.17) is 0 Å². The molecule has 0 aliphatic heterocycles. The van der Waals surface area contributed by atoms with Crippen LogP contribution in [-0.4, -0.2) is 11.6 Å². The van der Waals surface area contributed by atoms with Crippen molar-refractivity contribution in [2.75, 3.05) is 7.05 Å². The van der Waals surface area contributed by atoms with Crippen LogP contribution in [0.5, 0.6) is 0 Å². The van der Waals surface area contributed by atoms with Crippen LogP contribution in [0.4, 0.5) is 4.39 Å². The molecule has 1 unspecified atom stereocenters. The van der Waals surface area contributed by atoms with Crippen LogP contribution >= 0.6 is 15.9 Å². The van der Waals surface area contributed by atoms with Gasteiger partial charge in [-0.15, -0.1) is 0 Å². The maximum absolute atomic E-state index is 13.5. The summed E-state index contributed by atoms with van der Waals surface area (Å²) in [4.78, 5) is 0. The normalized spacial score (nSPS) is 12.7. The van der Waals surface area contributed by atoms with E-state index in [9.17, 15) is 4.39 Å². The zero-order chi connectivity index (χ0) is 13.1. The number of aromatic nitrogens is 1. The number of benzene rings is 1. The molecule has 0 saturated heterocycles. The number of rotatable bonds is 4. The summed E-state index contributed by atoms with van der Waals surface area (Å²) in [6.07, 6.45) is 2.01. The number of hydrogen-bond donors (Lipinski definition) is 1. The largest absolute Gasteiger partial charge is 0.346 e. The van der Waals surface area contributed by atoms with Crippen LogP contribution in [0.25, 0.3) is 0 Å². The van der Waals surface area contributed by atoms with Crippen molar-refractivity contribution < 1.29 is 4.39 Å². The zero-order valence-corrected chi connectivity index (χ0v) is 12.0. The maximum atomic E-state index is 13.5. The quantitative estimate of drug-likeness (QED) is 0.910. The van der Waals surface area contributed by atoms with Gasteiger partial charge in [0.2, 0.25) is 0 Å². The Hall–Kier alpha value is -1.13. The lowest BCUT2D eigenvalue weighted by Gasteiger charge is -2.15. The highest BCUT2D eigenvalue weighted by molar-refractivity contribution is 9.10. The summed E-state index contributed by atoms with van der Waals surface area (Å²) >= 11 is 3.30. The predicted molar refractivity (Wildman–Crippen MR) is 75.1 cm³/mol. The minimum Gasteiger partial charge on any atom is -0.346 e. The average molecular weight is 311 g/mol. The monoisotopic (exact) mass is 310 g/mol. The zero-order valence-electron chi connectivity index (χ0n) is 10.5. The molecule has 96 valence electrons. The Balaban J connectivity index is 2.29. The molecule has 1 heterocycles. The molecule has 1 N–H and O–H groups in total.